The number of nitrogens with zero attached hydrogens (tertiary/aromatic N) is 2. The lowest BCUT2D eigenvalue weighted by atomic mass is 9.99. The summed E-state index contributed by atoms with van der Waals surface area (Å²) in [7, 11) is 0. The van der Waals surface area contributed by atoms with Gasteiger partial charge in [-0.05, 0) is 60.7 Å². The van der Waals surface area contributed by atoms with Gasteiger partial charge >= 0.3 is 0 Å². The van der Waals surface area contributed by atoms with Gasteiger partial charge in [-0.1, -0.05) is 56.3 Å². The highest BCUT2D eigenvalue weighted by Crippen LogP contribution is 2.22. The van der Waals surface area contributed by atoms with Crippen molar-refractivity contribution in [2.75, 3.05) is 6.61 Å². The largest absolute Gasteiger partial charge is 0.494 e. The number of nitrogens with one attached hydrogen (secondary N) is 1. The Bertz CT molecular complexity index is 1180. The van der Waals surface area contributed by atoms with Crippen LogP contribution >= 0.6 is 0 Å². The zero-order valence-corrected chi connectivity index (χ0v) is 19.3. The normalized spacial score (nSPS) is 11.9. The van der Waals surface area contributed by atoms with E-state index in [2.05, 4.69) is 54.1 Å². The van der Waals surface area contributed by atoms with E-state index in [9.17, 15) is 4.79 Å². The summed E-state index contributed by atoms with van der Waals surface area (Å²) < 4.78 is 8.15. The SMILES string of the molecule is CCC(C)c1ccc(OCCCn2c(CNC(=O)c3ccccc3)nc3ccccc32)cc1. The molecule has 1 aromatic heterocycles. The van der Waals surface area contributed by atoms with Gasteiger partial charge in [0.25, 0.3) is 5.91 Å². The van der Waals surface area contributed by atoms with E-state index in [1.54, 1.807) is 0 Å². The summed E-state index contributed by atoms with van der Waals surface area (Å²) in [5, 5.41) is 3.00. The molecule has 0 radical (unpaired) electrons. The predicted octanol–water partition coefficient (Wildman–Crippen LogP) is 5.95. The van der Waals surface area contributed by atoms with Gasteiger partial charge in [0.15, 0.2) is 0 Å². The number of ether oxygens (including phenoxy) is 1. The molecule has 0 saturated carbocycles. The number of amides is 1. The van der Waals surface area contributed by atoms with Crippen molar-refractivity contribution in [3.8, 4) is 5.75 Å². The van der Waals surface area contributed by atoms with Crippen LogP contribution in [-0.2, 0) is 13.1 Å². The number of aryl methyl sites for hydroxylation is 1. The molecule has 33 heavy (non-hydrogen) atoms. The third kappa shape index (κ3) is 5.61. The van der Waals surface area contributed by atoms with Gasteiger partial charge in [0.1, 0.15) is 11.6 Å². The van der Waals surface area contributed by atoms with E-state index in [0.29, 0.717) is 24.6 Å². The number of fused-ring (bicyclic) bond motifs is 1. The van der Waals surface area contributed by atoms with Crippen molar-refractivity contribution in [3.63, 3.8) is 0 Å². The average molecular weight is 442 g/mol. The van der Waals surface area contributed by atoms with Crippen LogP contribution in [0.25, 0.3) is 11.0 Å². The molecule has 1 amide bonds. The molecule has 4 rings (SSSR count). The summed E-state index contributed by atoms with van der Waals surface area (Å²) in [5.74, 6) is 2.21. The maximum atomic E-state index is 12.5. The second-order valence-electron chi connectivity index (χ2n) is 8.30. The standard InChI is InChI=1S/C28H31N3O2/c1-3-21(2)22-14-16-24(17-15-22)33-19-9-18-31-26-13-8-7-12-25(26)30-27(31)20-29-28(32)23-10-5-4-6-11-23/h4-8,10-17,21H,3,9,18-20H2,1-2H3,(H,29,32). The van der Waals surface area contributed by atoms with Gasteiger partial charge in [-0.3, -0.25) is 4.79 Å². The van der Waals surface area contributed by atoms with Crippen LogP contribution in [0.5, 0.6) is 5.75 Å². The van der Waals surface area contributed by atoms with E-state index in [4.69, 9.17) is 9.72 Å². The molecule has 5 nitrogen and oxygen atoms in total. The number of para-hydroxylation sites is 2. The van der Waals surface area contributed by atoms with Gasteiger partial charge in [-0.2, -0.15) is 0 Å². The van der Waals surface area contributed by atoms with Crippen LogP contribution < -0.4 is 10.1 Å². The molecule has 0 saturated heterocycles. The first-order chi connectivity index (χ1) is 16.2. The maximum Gasteiger partial charge on any atom is 0.251 e. The zero-order valence-electron chi connectivity index (χ0n) is 19.3. The minimum atomic E-state index is -0.0987. The van der Waals surface area contributed by atoms with Crippen LogP contribution in [-0.4, -0.2) is 22.1 Å². The van der Waals surface area contributed by atoms with Gasteiger partial charge in [0.2, 0.25) is 0 Å². The van der Waals surface area contributed by atoms with E-state index in [-0.39, 0.29) is 5.91 Å². The van der Waals surface area contributed by atoms with Crippen molar-refractivity contribution in [1.82, 2.24) is 14.9 Å². The van der Waals surface area contributed by atoms with Crippen molar-refractivity contribution >= 4 is 16.9 Å². The lowest BCUT2D eigenvalue weighted by Gasteiger charge is -2.12. The molecule has 4 aromatic rings. The number of carbonyl (C=O) groups excluding carboxylic acids is 1. The molecular weight excluding hydrogens is 410 g/mol. The fourth-order valence-electron chi connectivity index (χ4n) is 3.90. The number of hydrogen-bond acceptors (Lipinski definition) is 3. The number of hydrogen-bond donors (Lipinski definition) is 1. The molecule has 1 heterocycles. The molecule has 0 aliphatic heterocycles. The average Bonchev–Trinajstić information content (AvgIpc) is 3.23. The first-order valence-corrected chi connectivity index (χ1v) is 11.7. The number of carbonyl (C=O) groups is 1. The molecule has 1 unspecified atom stereocenters. The van der Waals surface area contributed by atoms with Crippen molar-refractivity contribution in [2.45, 2.75) is 45.7 Å². The molecule has 0 aliphatic carbocycles. The van der Waals surface area contributed by atoms with Crippen molar-refractivity contribution in [3.05, 3.63) is 95.8 Å². The Hall–Kier alpha value is -3.60. The van der Waals surface area contributed by atoms with Crippen molar-refractivity contribution in [2.24, 2.45) is 0 Å². The molecule has 5 heteroatoms. The summed E-state index contributed by atoms with van der Waals surface area (Å²) >= 11 is 0. The van der Waals surface area contributed by atoms with Crippen LogP contribution in [0.1, 0.15) is 54.4 Å². The summed E-state index contributed by atoms with van der Waals surface area (Å²) in [4.78, 5) is 17.2. The van der Waals surface area contributed by atoms with Crippen LogP contribution in [0.3, 0.4) is 0 Å². The molecule has 0 spiro atoms. The smallest absolute Gasteiger partial charge is 0.251 e. The Labute approximate surface area is 195 Å². The minimum Gasteiger partial charge on any atom is -0.494 e. The van der Waals surface area contributed by atoms with Gasteiger partial charge in [-0.25, -0.2) is 4.98 Å². The summed E-state index contributed by atoms with van der Waals surface area (Å²) in [6, 6.07) is 25.7. The Morgan fingerprint density at radius 1 is 1.00 bits per heavy atom. The topological polar surface area (TPSA) is 56.1 Å². The number of aromatic nitrogens is 2. The molecule has 0 aliphatic rings. The first kappa shape index (κ1) is 22.6. The molecular formula is C28H31N3O2. The van der Waals surface area contributed by atoms with Gasteiger partial charge in [0, 0.05) is 12.1 Å². The second-order valence-corrected chi connectivity index (χ2v) is 8.30. The lowest BCUT2D eigenvalue weighted by molar-refractivity contribution is 0.0949. The van der Waals surface area contributed by atoms with Crippen LogP contribution in [0, 0.1) is 0 Å². The van der Waals surface area contributed by atoms with Crippen LogP contribution in [0.15, 0.2) is 78.9 Å². The third-order valence-electron chi connectivity index (χ3n) is 6.03. The van der Waals surface area contributed by atoms with E-state index >= 15 is 0 Å². The van der Waals surface area contributed by atoms with Gasteiger partial charge in [-0.15, -0.1) is 0 Å². The van der Waals surface area contributed by atoms with Crippen LogP contribution in [0.2, 0.25) is 0 Å². The van der Waals surface area contributed by atoms with E-state index < -0.39 is 0 Å². The maximum absolute atomic E-state index is 12.5. The summed E-state index contributed by atoms with van der Waals surface area (Å²) in [5.41, 5.74) is 3.99. The number of imidazole rings is 1. The van der Waals surface area contributed by atoms with Gasteiger partial charge < -0.3 is 14.6 Å². The fourth-order valence-corrected chi connectivity index (χ4v) is 3.90. The second kappa shape index (κ2) is 10.8. The summed E-state index contributed by atoms with van der Waals surface area (Å²) in [6.45, 7) is 6.20. The molecule has 1 N–H and O–H groups in total. The monoisotopic (exact) mass is 441 g/mol. The van der Waals surface area contributed by atoms with E-state index in [0.717, 1.165) is 42.0 Å². The quantitative estimate of drug-likeness (QED) is 0.310. The fraction of sp³-hybridized carbons (Fsp3) is 0.286. The minimum absolute atomic E-state index is 0.0987. The molecule has 0 bridgehead atoms. The Morgan fingerprint density at radius 2 is 1.73 bits per heavy atom. The van der Waals surface area contributed by atoms with E-state index in [1.807, 2.05) is 48.5 Å². The Kier molecular flexibility index (Phi) is 7.40. The zero-order chi connectivity index (χ0) is 23.0. The summed E-state index contributed by atoms with van der Waals surface area (Å²) in [6.07, 6.45) is 1.97. The number of rotatable bonds is 10. The number of benzene rings is 3. The Balaban J connectivity index is 1.38. The molecule has 1 atom stereocenters. The molecule has 3 aromatic carbocycles. The van der Waals surface area contributed by atoms with Crippen molar-refractivity contribution < 1.29 is 9.53 Å². The van der Waals surface area contributed by atoms with Gasteiger partial charge in [0.05, 0.1) is 24.2 Å². The van der Waals surface area contributed by atoms with Crippen molar-refractivity contribution in [1.29, 1.82) is 0 Å². The van der Waals surface area contributed by atoms with E-state index in [1.165, 1.54) is 5.56 Å². The first-order valence-electron chi connectivity index (χ1n) is 11.7. The molecule has 170 valence electrons. The Morgan fingerprint density at radius 3 is 2.48 bits per heavy atom. The highest BCUT2D eigenvalue weighted by molar-refractivity contribution is 5.94. The highest BCUT2D eigenvalue weighted by Gasteiger charge is 2.12. The highest BCUT2D eigenvalue weighted by atomic mass is 16.5. The van der Waals surface area contributed by atoms with Crippen LogP contribution in [0.4, 0.5) is 0 Å². The molecule has 0 fully saturated rings. The third-order valence-corrected chi connectivity index (χ3v) is 6.03. The predicted molar refractivity (Wildman–Crippen MR) is 133 cm³/mol. The lowest BCUT2D eigenvalue weighted by Crippen LogP contribution is -2.24.